The Morgan fingerprint density at radius 3 is 2.75 bits per heavy atom. The quantitative estimate of drug-likeness (QED) is 0.746. The lowest BCUT2D eigenvalue weighted by molar-refractivity contribution is 0.200. The summed E-state index contributed by atoms with van der Waals surface area (Å²) < 4.78 is 11.2. The summed E-state index contributed by atoms with van der Waals surface area (Å²) in [5.74, 6) is 1.44. The Labute approximate surface area is 163 Å². The molecular formula is C22H21N3O3. The SMILES string of the molecule is COc1ccccc1NC(=O)N1CCOc2ccc(-c3ccncc3)cc2C1. The summed E-state index contributed by atoms with van der Waals surface area (Å²) in [7, 11) is 1.58. The van der Waals surface area contributed by atoms with E-state index in [2.05, 4.69) is 16.4 Å². The molecule has 0 bridgehead atoms. The number of methoxy groups -OCH3 is 1. The second-order valence-corrected chi connectivity index (χ2v) is 6.46. The first-order valence-electron chi connectivity index (χ1n) is 9.09. The Bertz CT molecular complexity index is 976. The number of urea groups is 1. The van der Waals surface area contributed by atoms with E-state index in [9.17, 15) is 4.79 Å². The Kier molecular flexibility index (Phi) is 5.10. The van der Waals surface area contributed by atoms with Gasteiger partial charge in [0.05, 0.1) is 25.9 Å². The van der Waals surface area contributed by atoms with Gasteiger partial charge in [0, 0.05) is 18.0 Å². The van der Waals surface area contributed by atoms with Crippen LogP contribution < -0.4 is 14.8 Å². The molecule has 0 atom stereocenters. The molecule has 142 valence electrons. The van der Waals surface area contributed by atoms with Crippen LogP contribution in [-0.4, -0.2) is 36.2 Å². The van der Waals surface area contributed by atoms with E-state index in [1.54, 1.807) is 24.4 Å². The molecule has 1 N–H and O–H groups in total. The minimum Gasteiger partial charge on any atom is -0.495 e. The molecule has 3 aromatic rings. The number of pyridine rings is 1. The largest absolute Gasteiger partial charge is 0.495 e. The number of aromatic nitrogens is 1. The lowest BCUT2D eigenvalue weighted by Crippen LogP contribution is -2.36. The highest BCUT2D eigenvalue weighted by Crippen LogP contribution is 2.30. The molecule has 4 rings (SSSR count). The molecule has 2 aromatic carbocycles. The van der Waals surface area contributed by atoms with Gasteiger partial charge >= 0.3 is 6.03 Å². The highest BCUT2D eigenvalue weighted by Gasteiger charge is 2.21. The van der Waals surface area contributed by atoms with Crippen molar-refractivity contribution in [1.82, 2.24) is 9.88 Å². The topological polar surface area (TPSA) is 63.7 Å². The maximum atomic E-state index is 12.8. The van der Waals surface area contributed by atoms with Crippen molar-refractivity contribution >= 4 is 11.7 Å². The second-order valence-electron chi connectivity index (χ2n) is 6.46. The van der Waals surface area contributed by atoms with Gasteiger partial charge < -0.3 is 19.7 Å². The van der Waals surface area contributed by atoms with E-state index >= 15 is 0 Å². The van der Waals surface area contributed by atoms with Crippen LogP contribution in [0.1, 0.15) is 5.56 Å². The van der Waals surface area contributed by atoms with Crippen LogP contribution >= 0.6 is 0 Å². The van der Waals surface area contributed by atoms with Crippen molar-refractivity contribution in [2.24, 2.45) is 0 Å². The van der Waals surface area contributed by atoms with Crippen LogP contribution in [0, 0.1) is 0 Å². The van der Waals surface area contributed by atoms with Gasteiger partial charge in [-0.25, -0.2) is 4.79 Å². The summed E-state index contributed by atoms with van der Waals surface area (Å²) >= 11 is 0. The summed E-state index contributed by atoms with van der Waals surface area (Å²) in [6.07, 6.45) is 3.54. The van der Waals surface area contributed by atoms with E-state index in [1.165, 1.54) is 0 Å². The van der Waals surface area contributed by atoms with Crippen molar-refractivity contribution in [1.29, 1.82) is 0 Å². The molecule has 0 radical (unpaired) electrons. The molecule has 0 aliphatic carbocycles. The molecule has 2 heterocycles. The van der Waals surface area contributed by atoms with E-state index in [1.807, 2.05) is 48.5 Å². The summed E-state index contributed by atoms with van der Waals surface area (Å²) in [6.45, 7) is 1.41. The normalized spacial score (nSPS) is 13.1. The highest BCUT2D eigenvalue weighted by atomic mass is 16.5. The summed E-state index contributed by atoms with van der Waals surface area (Å²) in [4.78, 5) is 18.7. The van der Waals surface area contributed by atoms with Gasteiger partial charge in [-0.2, -0.15) is 0 Å². The molecule has 6 nitrogen and oxygen atoms in total. The van der Waals surface area contributed by atoms with Crippen molar-refractivity contribution < 1.29 is 14.3 Å². The van der Waals surface area contributed by atoms with Crippen LogP contribution in [0.5, 0.6) is 11.5 Å². The number of rotatable bonds is 3. The van der Waals surface area contributed by atoms with Gasteiger partial charge in [-0.15, -0.1) is 0 Å². The number of para-hydroxylation sites is 2. The highest BCUT2D eigenvalue weighted by molar-refractivity contribution is 5.91. The third-order valence-electron chi connectivity index (χ3n) is 4.69. The zero-order chi connectivity index (χ0) is 19.3. The Morgan fingerprint density at radius 1 is 1.11 bits per heavy atom. The van der Waals surface area contributed by atoms with Gasteiger partial charge in [0.2, 0.25) is 0 Å². The molecule has 0 saturated heterocycles. The minimum atomic E-state index is -0.185. The van der Waals surface area contributed by atoms with E-state index in [0.717, 1.165) is 22.4 Å². The van der Waals surface area contributed by atoms with Crippen LogP contribution in [0.15, 0.2) is 67.0 Å². The molecule has 0 fully saturated rings. The van der Waals surface area contributed by atoms with Crippen molar-refractivity contribution in [2.75, 3.05) is 25.6 Å². The lowest BCUT2D eigenvalue weighted by Gasteiger charge is -2.21. The van der Waals surface area contributed by atoms with E-state index in [0.29, 0.717) is 31.1 Å². The number of hydrogen-bond acceptors (Lipinski definition) is 4. The number of fused-ring (bicyclic) bond motifs is 1. The lowest BCUT2D eigenvalue weighted by atomic mass is 10.0. The molecule has 0 spiro atoms. The van der Waals surface area contributed by atoms with Gasteiger partial charge in [0.25, 0.3) is 0 Å². The van der Waals surface area contributed by atoms with Gasteiger partial charge in [-0.3, -0.25) is 4.98 Å². The zero-order valence-corrected chi connectivity index (χ0v) is 15.6. The van der Waals surface area contributed by atoms with Crippen molar-refractivity contribution in [3.8, 4) is 22.6 Å². The van der Waals surface area contributed by atoms with Gasteiger partial charge in [-0.1, -0.05) is 18.2 Å². The van der Waals surface area contributed by atoms with Crippen LogP contribution in [0.3, 0.4) is 0 Å². The van der Waals surface area contributed by atoms with Crippen molar-refractivity contribution in [3.05, 3.63) is 72.6 Å². The van der Waals surface area contributed by atoms with Crippen molar-refractivity contribution in [3.63, 3.8) is 0 Å². The fourth-order valence-corrected chi connectivity index (χ4v) is 3.23. The second kappa shape index (κ2) is 8.00. The average Bonchev–Trinajstić information content (AvgIpc) is 2.96. The molecule has 0 saturated carbocycles. The van der Waals surface area contributed by atoms with Crippen LogP contribution in [-0.2, 0) is 6.54 Å². The van der Waals surface area contributed by atoms with Crippen LogP contribution in [0.2, 0.25) is 0 Å². The van der Waals surface area contributed by atoms with E-state index in [4.69, 9.17) is 9.47 Å². The maximum Gasteiger partial charge on any atom is 0.322 e. The predicted octanol–water partition coefficient (Wildman–Crippen LogP) is 4.18. The molecule has 0 unspecified atom stereocenters. The summed E-state index contributed by atoms with van der Waals surface area (Å²) in [5, 5.41) is 2.93. The number of carbonyl (C=O) groups is 1. The molecule has 1 aromatic heterocycles. The number of amides is 2. The Morgan fingerprint density at radius 2 is 1.93 bits per heavy atom. The molecule has 2 amide bonds. The average molecular weight is 375 g/mol. The first-order chi connectivity index (χ1) is 13.7. The number of carbonyl (C=O) groups excluding carboxylic acids is 1. The smallest absolute Gasteiger partial charge is 0.322 e. The molecular weight excluding hydrogens is 354 g/mol. The van der Waals surface area contributed by atoms with Gasteiger partial charge in [-0.05, 0) is 47.5 Å². The summed E-state index contributed by atoms with van der Waals surface area (Å²) in [5.41, 5.74) is 3.76. The van der Waals surface area contributed by atoms with Gasteiger partial charge in [0.1, 0.15) is 18.1 Å². The van der Waals surface area contributed by atoms with E-state index < -0.39 is 0 Å². The fraction of sp³-hybridized carbons (Fsp3) is 0.182. The maximum absolute atomic E-state index is 12.8. The number of nitrogens with zero attached hydrogens (tertiary/aromatic N) is 2. The van der Waals surface area contributed by atoms with E-state index in [-0.39, 0.29) is 6.03 Å². The van der Waals surface area contributed by atoms with Crippen LogP contribution in [0.4, 0.5) is 10.5 Å². The third kappa shape index (κ3) is 3.76. The molecule has 1 aliphatic heterocycles. The zero-order valence-electron chi connectivity index (χ0n) is 15.6. The van der Waals surface area contributed by atoms with Gasteiger partial charge in [0.15, 0.2) is 0 Å². The summed E-state index contributed by atoms with van der Waals surface area (Å²) in [6, 6.07) is 17.2. The standard InChI is InChI=1S/C22H21N3O3/c1-27-21-5-3-2-4-19(21)24-22(26)25-12-13-28-20-7-6-17(14-18(20)15-25)16-8-10-23-11-9-16/h2-11,14H,12-13,15H2,1H3,(H,24,26). The predicted molar refractivity (Wildman–Crippen MR) is 108 cm³/mol. The number of hydrogen-bond donors (Lipinski definition) is 1. The number of benzene rings is 2. The number of anilines is 1. The molecule has 6 heteroatoms. The molecule has 1 aliphatic rings. The molecule has 28 heavy (non-hydrogen) atoms. The van der Waals surface area contributed by atoms with Crippen LogP contribution in [0.25, 0.3) is 11.1 Å². The number of ether oxygens (including phenoxy) is 2. The Balaban J connectivity index is 1.56. The minimum absolute atomic E-state index is 0.185. The third-order valence-corrected chi connectivity index (χ3v) is 4.69. The fourth-order valence-electron chi connectivity index (χ4n) is 3.23. The van der Waals surface area contributed by atoms with Crippen molar-refractivity contribution in [2.45, 2.75) is 6.54 Å². The first kappa shape index (κ1) is 17.9. The monoisotopic (exact) mass is 375 g/mol. The Hall–Kier alpha value is -3.54. The number of nitrogens with one attached hydrogen (secondary N) is 1. The first-order valence-corrected chi connectivity index (χ1v) is 9.09.